The van der Waals surface area contributed by atoms with Gasteiger partial charge in [-0.05, 0) is 55.5 Å². The van der Waals surface area contributed by atoms with Gasteiger partial charge in [-0.3, -0.25) is 9.78 Å². The lowest BCUT2D eigenvalue weighted by Crippen LogP contribution is -2.32. The van der Waals surface area contributed by atoms with Gasteiger partial charge in [-0.1, -0.05) is 24.3 Å². The second kappa shape index (κ2) is 8.32. The van der Waals surface area contributed by atoms with Gasteiger partial charge < -0.3 is 4.90 Å². The van der Waals surface area contributed by atoms with Gasteiger partial charge in [0.1, 0.15) is 0 Å². The summed E-state index contributed by atoms with van der Waals surface area (Å²) in [6.07, 6.45) is 5.87. The highest BCUT2D eigenvalue weighted by molar-refractivity contribution is 5.76. The second-order valence-electron chi connectivity index (χ2n) is 5.51. The molecule has 2 rings (SSSR count). The number of pyridine rings is 1. The van der Waals surface area contributed by atoms with Crippen molar-refractivity contribution in [1.82, 2.24) is 9.88 Å². The summed E-state index contributed by atoms with van der Waals surface area (Å²) < 4.78 is 0. The Balaban J connectivity index is 1.85. The third-order valence-electron chi connectivity index (χ3n) is 4.02. The molecule has 1 aromatic heterocycles. The molecule has 0 unspecified atom stereocenters. The van der Waals surface area contributed by atoms with Gasteiger partial charge in [0.25, 0.3) is 0 Å². The van der Waals surface area contributed by atoms with Crippen molar-refractivity contribution in [3.8, 4) is 0 Å². The predicted octanol–water partition coefficient (Wildman–Crippen LogP) is 3.41. The van der Waals surface area contributed by atoms with Crippen LogP contribution in [0.3, 0.4) is 0 Å². The van der Waals surface area contributed by atoms with Gasteiger partial charge in [-0.25, -0.2) is 0 Å². The summed E-state index contributed by atoms with van der Waals surface area (Å²) in [5.74, 6) is 0.236. The number of rotatable bonds is 7. The number of amides is 1. The van der Waals surface area contributed by atoms with Crippen molar-refractivity contribution < 1.29 is 4.79 Å². The Kier molecular flexibility index (Phi) is 6.13. The first-order valence-corrected chi connectivity index (χ1v) is 7.92. The number of benzene rings is 1. The summed E-state index contributed by atoms with van der Waals surface area (Å²) in [6, 6.07) is 12.3. The van der Waals surface area contributed by atoms with E-state index >= 15 is 0 Å². The number of aryl methyl sites for hydroxylation is 2. The maximum absolute atomic E-state index is 12.4. The van der Waals surface area contributed by atoms with Crippen molar-refractivity contribution in [2.45, 2.75) is 33.1 Å². The van der Waals surface area contributed by atoms with Crippen LogP contribution in [0.4, 0.5) is 0 Å². The molecule has 0 atom stereocenters. The van der Waals surface area contributed by atoms with Crippen LogP contribution in [0.1, 0.15) is 30.0 Å². The van der Waals surface area contributed by atoms with Crippen molar-refractivity contribution in [3.05, 3.63) is 65.5 Å². The Morgan fingerprint density at radius 3 is 2.50 bits per heavy atom. The fourth-order valence-electron chi connectivity index (χ4n) is 2.56. The van der Waals surface area contributed by atoms with Gasteiger partial charge in [0, 0.05) is 31.9 Å². The molecule has 3 nitrogen and oxygen atoms in total. The molecule has 0 N–H and O–H groups in total. The van der Waals surface area contributed by atoms with Crippen LogP contribution >= 0.6 is 0 Å². The smallest absolute Gasteiger partial charge is 0.222 e. The number of aromatic nitrogens is 1. The van der Waals surface area contributed by atoms with Crippen molar-refractivity contribution in [2.24, 2.45) is 0 Å². The SMILES string of the molecule is CCN(CCc1ccncc1)C(=O)CCc1ccccc1C. The zero-order valence-corrected chi connectivity index (χ0v) is 13.5. The Labute approximate surface area is 133 Å². The lowest BCUT2D eigenvalue weighted by Gasteiger charge is -2.21. The average molecular weight is 296 g/mol. The lowest BCUT2D eigenvalue weighted by molar-refractivity contribution is -0.130. The van der Waals surface area contributed by atoms with E-state index in [2.05, 4.69) is 24.0 Å². The first kappa shape index (κ1) is 16.2. The van der Waals surface area contributed by atoms with Crippen LogP contribution in [0.5, 0.6) is 0 Å². The monoisotopic (exact) mass is 296 g/mol. The van der Waals surface area contributed by atoms with E-state index in [9.17, 15) is 4.79 Å². The van der Waals surface area contributed by atoms with Gasteiger partial charge in [0.05, 0.1) is 0 Å². The zero-order valence-electron chi connectivity index (χ0n) is 13.5. The van der Waals surface area contributed by atoms with E-state index in [0.717, 1.165) is 25.9 Å². The van der Waals surface area contributed by atoms with E-state index in [1.807, 2.05) is 36.1 Å². The van der Waals surface area contributed by atoms with E-state index in [-0.39, 0.29) is 5.91 Å². The van der Waals surface area contributed by atoms with E-state index in [0.29, 0.717) is 6.42 Å². The van der Waals surface area contributed by atoms with Gasteiger partial charge in [0.15, 0.2) is 0 Å². The molecule has 0 spiro atoms. The maximum Gasteiger partial charge on any atom is 0.222 e. The molecule has 0 saturated carbocycles. The van der Waals surface area contributed by atoms with Crippen LogP contribution in [0.25, 0.3) is 0 Å². The quantitative estimate of drug-likeness (QED) is 0.784. The molecular weight excluding hydrogens is 272 g/mol. The highest BCUT2D eigenvalue weighted by atomic mass is 16.2. The first-order valence-electron chi connectivity index (χ1n) is 7.92. The molecule has 22 heavy (non-hydrogen) atoms. The second-order valence-corrected chi connectivity index (χ2v) is 5.51. The Hall–Kier alpha value is -2.16. The van der Waals surface area contributed by atoms with Crippen LogP contribution < -0.4 is 0 Å². The lowest BCUT2D eigenvalue weighted by atomic mass is 10.0. The molecule has 0 fully saturated rings. The normalized spacial score (nSPS) is 10.5. The standard InChI is InChI=1S/C19H24N2O/c1-3-21(15-12-17-10-13-20-14-11-17)19(22)9-8-18-7-5-4-6-16(18)2/h4-7,10-11,13-14H,3,8-9,12,15H2,1-2H3. The molecule has 2 aromatic rings. The Morgan fingerprint density at radius 1 is 1.09 bits per heavy atom. The molecule has 0 aliphatic rings. The average Bonchev–Trinajstić information content (AvgIpc) is 2.55. The summed E-state index contributed by atoms with van der Waals surface area (Å²) in [5.41, 5.74) is 3.75. The number of likely N-dealkylation sites (N-methyl/N-ethyl adjacent to an activating group) is 1. The molecule has 0 aliphatic heterocycles. The summed E-state index contributed by atoms with van der Waals surface area (Å²) >= 11 is 0. The van der Waals surface area contributed by atoms with Crippen LogP contribution in [0.2, 0.25) is 0 Å². The fourth-order valence-corrected chi connectivity index (χ4v) is 2.56. The Morgan fingerprint density at radius 2 is 1.82 bits per heavy atom. The van der Waals surface area contributed by atoms with Crippen molar-refractivity contribution >= 4 is 5.91 Å². The highest BCUT2D eigenvalue weighted by Crippen LogP contribution is 2.11. The molecule has 0 saturated heterocycles. The van der Waals surface area contributed by atoms with Gasteiger partial charge in [-0.2, -0.15) is 0 Å². The first-order chi connectivity index (χ1) is 10.7. The van der Waals surface area contributed by atoms with Crippen LogP contribution in [-0.2, 0) is 17.6 Å². The van der Waals surface area contributed by atoms with Gasteiger partial charge in [-0.15, -0.1) is 0 Å². The number of hydrogen-bond acceptors (Lipinski definition) is 2. The summed E-state index contributed by atoms with van der Waals surface area (Å²) in [7, 11) is 0. The van der Waals surface area contributed by atoms with Crippen LogP contribution in [0.15, 0.2) is 48.8 Å². The summed E-state index contributed by atoms with van der Waals surface area (Å²) in [6.45, 7) is 5.67. The molecule has 1 amide bonds. The van der Waals surface area contributed by atoms with E-state index < -0.39 is 0 Å². The number of hydrogen-bond donors (Lipinski definition) is 0. The fraction of sp³-hybridized carbons (Fsp3) is 0.368. The van der Waals surface area contributed by atoms with Gasteiger partial charge >= 0.3 is 0 Å². The molecular formula is C19H24N2O. The summed E-state index contributed by atoms with van der Waals surface area (Å²) in [4.78, 5) is 18.4. The third kappa shape index (κ3) is 4.69. The molecule has 3 heteroatoms. The van der Waals surface area contributed by atoms with Crippen molar-refractivity contribution in [3.63, 3.8) is 0 Å². The predicted molar refractivity (Wildman–Crippen MR) is 89.7 cm³/mol. The minimum Gasteiger partial charge on any atom is -0.343 e. The van der Waals surface area contributed by atoms with Crippen molar-refractivity contribution in [2.75, 3.05) is 13.1 Å². The number of carbonyl (C=O) groups is 1. The number of carbonyl (C=O) groups excluding carboxylic acids is 1. The third-order valence-corrected chi connectivity index (χ3v) is 4.02. The number of nitrogens with zero attached hydrogens (tertiary/aromatic N) is 2. The largest absolute Gasteiger partial charge is 0.343 e. The molecule has 1 heterocycles. The Bertz CT molecular complexity index is 595. The minimum atomic E-state index is 0.236. The molecule has 0 aliphatic carbocycles. The van der Waals surface area contributed by atoms with Crippen LogP contribution in [0, 0.1) is 6.92 Å². The van der Waals surface area contributed by atoms with E-state index in [4.69, 9.17) is 0 Å². The molecule has 0 bridgehead atoms. The van der Waals surface area contributed by atoms with E-state index in [1.165, 1.54) is 16.7 Å². The van der Waals surface area contributed by atoms with Crippen LogP contribution in [-0.4, -0.2) is 28.9 Å². The topological polar surface area (TPSA) is 33.2 Å². The maximum atomic E-state index is 12.4. The van der Waals surface area contributed by atoms with E-state index in [1.54, 1.807) is 12.4 Å². The zero-order chi connectivity index (χ0) is 15.8. The molecule has 116 valence electrons. The molecule has 1 aromatic carbocycles. The molecule has 0 radical (unpaired) electrons. The highest BCUT2D eigenvalue weighted by Gasteiger charge is 2.12. The van der Waals surface area contributed by atoms with Gasteiger partial charge in [0.2, 0.25) is 5.91 Å². The minimum absolute atomic E-state index is 0.236. The van der Waals surface area contributed by atoms with Crippen molar-refractivity contribution in [1.29, 1.82) is 0 Å². The summed E-state index contributed by atoms with van der Waals surface area (Å²) in [5, 5.41) is 0.